The molecule has 11 heavy (non-hydrogen) atoms. The van der Waals surface area contributed by atoms with Gasteiger partial charge in [0.2, 0.25) is 0 Å². The van der Waals surface area contributed by atoms with Crippen LogP contribution < -0.4 is 10.6 Å². The summed E-state index contributed by atoms with van der Waals surface area (Å²) in [4.78, 5) is 0. The van der Waals surface area contributed by atoms with Crippen LogP contribution in [0, 0.1) is 0 Å². The maximum atomic E-state index is 3.83. The molecule has 1 rings (SSSR count). The second-order valence-electron chi connectivity index (χ2n) is 3.38. The highest BCUT2D eigenvalue weighted by molar-refractivity contribution is 5.14. The van der Waals surface area contributed by atoms with E-state index in [9.17, 15) is 0 Å². The number of rotatable bonds is 4. The molecule has 1 aliphatic rings. The number of hydrogen-bond acceptors (Lipinski definition) is 2. The lowest BCUT2D eigenvalue weighted by Gasteiger charge is -2.40. The van der Waals surface area contributed by atoms with Crippen LogP contribution in [-0.2, 0) is 0 Å². The quantitative estimate of drug-likeness (QED) is 0.579. The van der Waals surface area contributed by atoms with E-state index in [4.69, 9.17) is 0 Å². The summed E-state index contributed by atoms with van der Waals surface area (Å²) < 4.78 is 0. The first-order valence-corrected chi connectivity index (χ1v) is 3.92. The highest BCUT2D eigenvalue weighted by atomic mass is 15.1. The molecule has 1 saturated heterocycles. The maximum absolute atomic E-state index is 3.83. The molecule has 0 aliphatic carbocycles. The van der Waals surface area contributed by atoms with Gasteiger partial charge in [-0.2, -0.15) is 0 Å². The van der Waals surface area contributed by atoms with E-state index in [1.807, 2.05) is 0 Å². The molecule has 2 nitrogen and oxygen atoms in total. The molecule has 0 saturated carbocycles. The Morgan fingerprint density at radius 1 is 1.73 bits per heavy atom. The van der Waals surface area contributed by atoms with Crippen molar-refractivity contribution in [2.24, 2.45) is 0 Å². The average Bonchev–Trinajstić information content (AvgIpc) is 1.96. The van der Waals surface area contributed by atoms with Gasteiger partial charge in [-0.05, 0) is 12.5 Å². The summed E-state index contributed by atoms with van der Waals surface area (Å²) in [6.45, 7) is 12.6. The van der Waals surface area contributed by atoms with Gasteiger partial charge in [0.1, 0.15) is 0 Å². The maximum Gasteiger partial charge on any atom is 0.0406 e. The van der Waals surface area contributed by atoms with Gasteiger partial charge in [0.15, 0.2) is 0 Å². The van der Waals surface area contributed by atoms with E-state index in [-0.39, 0.29) is 5.54 Å². The Bertz CT molecular complexity index is 168. The van der Waals surface area contributed by atoms with Gasteiger partial charge in [-0.1, -0.05) is 19.2 Å². The molecule has 62 valence electrons. The molecule has 0 amide bonds. The van der Waals surface area contributed by atoms with Gasteiger partial charge in [0.25, 0.3) is 0 Å². The van der Waals surface area contributed by atoms with Crippen molar-refractivity contribution in [2.45, 2.75) is 12.5 Å². The van der Waals surface area contributed by atoms with Crippen molar-refractivity contribution >= 4 is 0 Å². The molecule has 0 aromatic carbocycles. The standard InChI is InChI=1S/C9H16N2/c1-4-8(2)5-11-9(3)6-10-7-9/h4,10-11H,1-2,5-7H2,3H3. The summed E-state index contributed by atoms with van der Waals surface area (Å²) in [6, 6.07) is 0. The van der Waals surface area contributed by atoms with Crippen LogP contribution in [0.15, 0.2) is 24.8 Å². The fourth-order valence-electron chi connectivity index (χ4n) is 1.02. The Hall–Kier alpha value is -0.600. The average molecular weight is 152 g/mol. The Morgan fingerprint density at radius 2 is 2.36 bits per heavy atom. The zero-order chi connectivity index (χ0) is 8.32. The highest BCUT2D eigenvalue weighted by Crippen LogP contribution is 2.08. The lowest BCUT2D eigenvalue weighted by molar-refractivity contribution is 0.246. The van der Waals surface area contributed by atoms with Crippen LogP contribution in [0.5, 0.6) is 0 Å². The summed E-state index contributed by atoms with van der Waals surface area (Å²) in [7, 11) is 0. The van der Waals surface area contributed by atoms with Crippen LogP contribution >= 0.6 is 0 Å². The van der Waals surface area contributed by atoms with Crippen LogP contribution in [0.4, 0.5) is 0 Å². The second kappa shape index (κ2) is 3.20. The predicted octanol–water partition coefficient (Wildman–Crippen LogP) is 0.680. The minimum Gasteiger partial charge on any atom is -0.313 e. The third kappa shape index (κ3) is 2.17. The summed E-state index contributed by atoms with van der Waals surface area (Å²) in [5.74, 6) is 0. The van der Waals surface area contributed by atoms with Crippen LogP contribution in [0.25, 0.3) is 0 Å². The SMILES string of the molecule is C=CC(=C)CNC1(C)CNC1. The molecule has 1 fully saturated rings. The number of nitrogens with one attached hydrogen (secondary N) is 2. The van der Waals surface area contributed by atoms with Crippen LogP contribution in [-0.4, -0.2) is 25.2 Å². The molecular formula is C9H16N2. The first-order valence-electron chi connectivity index (χ1n) is 3.92. The predicted molar refractivity (Wildman–Crippen MR) is 48.6 cm³/mol. The molecule has 0 unspecified atom stereocenters. The minimum absolute atomic E-state index is 0.284. The van der Waals surface area contributed by atoms with E-state index >= 15 is 0 Å². The molecule has 0 aromatic heterocycles. The largest absolute Gasteiger partial charge is 0.313 e. The van der Waals surface area contributed by atoms with Crippen LogP contribution in [0.2, 0.25) is 0 Å². The summed E-state index contributed by atoms with van der Waals surface area (Å²) >= 11 is 0. The van der Waals surface area contributed by atoms with Crippen molar-refractivity contribution in [3.05, 3.63) is 24.8 Å². The summed E-state index contributed by atoms with van der Waals surface area (Å²) in [5, 5.41) is 6.64. The van der Waals surface area contributed by atoms with Gasteiger partial charge in [0.05, 0.1) is 0 Å². The molecule has 2 heteroatoms. The molecule has 0 atom stereocenters. The summed E-state index contributed by atoms with van der Waals surface area (Å²) in [6.07, 6.45) is 1.79. The minimum atomic E-state index is 0.284. The van der Waals surface area contributed by atoms with E-state index in [0.717, 1.165) is 25.2 Å². The highest BCUT2D eigenvalue weighted by Gasteiger charge is 2.30. The van der Waals surface area contributed by atoms with E-state index in [1.54, 1.807) is 6.08 Å². The Balaban J connectivity index is 2.21. The van der Waals surface area contributed by atoms with Crippen LogP contribution in [0.3, 0.4) is 0 Å². The van der Waals surface area contributed by atoms with Gasteiger partial charge >= 0.3 is 0 Å². The monoisotopic (exact) mass is 152 g/mol. The third-order valence-electron chi connectivity index (χ3n) is 2.06. The zero-order valence-corrected chi connectivity index (χ0v) is 7.11. The van der Waals surface area contributed by atoms with Crippen LogP contribution in [0.1, 0.15) is 6.92 Å². The van der Waals surface area contributed by atoms with Gasteiger partial charge < -0.3 is 10.6 Å². The molecule has 2 N–H and O–H groups in total. The summed E-state index contributed by atoms with van der Waals surface area (Å²) in [5.41, 5.74) is 1.34. The molecule has 0 spiro atoms. The van der Waals surface area contributed by atoms with E-state index in [2.05, 4.69) is 30.7 Å². The van der Waals surface area contributed by atoms with Gasteiger partial charge in [0, 0.05) is 25.2 Å². The zero-order valence-electron chi connectivity index (χ0n) is 7.11. The van der Waals surface area contributed by atoms with Crippen molar-refractivity contribution in [1.82, 2.24) is 10.6 Å². The Labute approximate surface area is 68.4 Å². The van der Waals surface area contributed by atoms with Crippen molar-refractivity contribution < 1.29 is 0 Å². The van der Waals surface area contributed by atoms with Crippen molar-refractivity contribution in [3.63, 3.8) is 0 Å². The molecule has 1 heterocycles. The molecule has 0 bridgehead atoms. The van der Waals surface area contributed by atoms with Gasteiger partial charge in [-0.25, -0.2) is 0 Å². The normalized spacial score (nSPS) is 20.5. The number of hydrogen-bond donors (Lipinski definition) is 2. The van der Waals surface area contributed by atoms with Gasteiger partial charge in [-0.15, -0.1) is 0 Å². The first kappa shape index (κ1) is 8.50. The molecule has 0 aromatic rings. The lowest BCUT2D eigenvalue weighted by Crippen LogP contribution is -2.65. The molecule has 1 aliphatic heterocycles. The Kier molecular flexibility index (Phi) is 2.47. The lowest BCUT2D eigenvalue weighted by atomic mass is 9.95. The first-order chi connectivity index (χ1) is 5.16. The third-order valence-corrected chi connectivity index (χ3v) is 2.06. The van der Waals surface area contributed by atoms with Crippen molar-refractivity contribution in [2.75, 3.05) is 19.6 Å². The van der Waals surface area contributed by atoms with E-state index in [0.29, 0.717) is 0 Å². The smallest absolute Gasteiger partial charge is 0.0406 e. The molecule has 0 radical (unpaired) electrons. The van der Waals surface area contributed by atoms with Gasteiger partial charge in [-0.3, -0.25) is 0 Å². The van der Waals surface area contributed by atoms with Crippen molar-refractivity contribution in [3.8, 4) is 0 Å². The molecular weight excluding hydrogens is 136 g/mol. The fourth-order valence-corrected chi connectivity index (χ4v) is 1.02. The van der Waals surface area contributed by atoms with E-state index < -0.39 is 0 Å². The second-order valence-corrected chi connectivity index (χ2v) is 3.38. The fraction of sp³-hybridized carbons (Fsp3) is 0.556. The Morgan fingerprint density at radius 3 is 2.73 bits per heavy atom. The topological polar surface area (TPSA) is 24.1 Å². The van der Waals surface area contributed by atoms with Crippen molar-refractivity contribution in [1.29, 1.82) is 0 Å². The van der Waals surface area contributed by atoms with E-state index in [1.165, 1.54) is 0 Å².